The molecule has 118 valence electrons. The molecule has 1 aliphatic rings. The third-order valence-corrected chi connectivity index (χ3v) is 4.77. The summed E-state index contributed by atoms with van der Waals surface area (Å²) in [7, 11) is 1.64. The summed E-state index contributed by atoms with van der Waals surface area (Å²) in [5.41, 5.74) is 0. The maximum atomic E-state index is 12.4. The standard InChI is InChI=1S/C16H25NO3S/c1-19-9-10-20-13-16(18)17-8-4-2-3-6-14(17)12-15-7-5-11-21-15/h5,7,11,14H,2-4,6,8-10,12-13H2,1H3/t14-/m1/s1. The number of nitrogens with zero attached hydrogens (tertiary/aromatic N) is 1. The lowest BCUT2D eigenvalue weighted by Gasteiger charge is -2.30. The second kappa shape index (κ2) is 9.18. The molecule has 0 N–H and O–H groups in total. The normalized spacial score (nSPS) is 19.5. The van der Waals surface area contributed by atoms with Crippen molar-refractivity contribution in [2.24, 2.45) is 0 Å². The molecular formula is C16H25NO3S. The van der Waals surface area contributed by atoms with Crippen molar-refractivity contribution in [1.29, 1.82) is 0 Å². The van der Waals surface area contributed by atoms with Crippen LogP contribution in [0.25, 0.3) is 0 Å². The fourth-order valence-corrected chi connectivity index (χ4v) is 3.54. The molecule has 1 saturated heterocycles. The number of hydrogen-bond donors (Lipinski definition) is 0. The number of hydrogen-bond acceptors (Lipinski definition) is 4. The van der Waals surface area contributed by atoms with E-state index in [1.165, 1.54) is 17.7 Å². The molecule has 0 radical (unpaired) electrons. The number of likely N-dealkylation sites (tertiary alicyclic amines) is 1. The molecule has 1 atom stereocenters. The van der Waals surface area contributed by atoms with Gasteiger partial charge in [-0.15, -0.1) is 11.3 Å². The lowest BCUT2D eigenvalue weighted by atomic mass is 10.1. The summed E-state index contributed by atoms with van der Waals surface area (Å²) < 4.78 is 10.3. The van der Waals surface area contributed by atoms with Crippen molar-refractivity contribution in [3.05, 3.63) is 22.4 Å². The minimum atomic E-state index is 0.120. The molecule has 5 heteroatoms. The molecule has 1 aromatic rings. The van der Waals surface area contributed by atoms with Crippen molar-refractivity contribution in [1.82, 2.24) is 4.90 Å². The maximum absolute atomic E-state index is 12.4. The van der Waals surface area contributed by atoms with Crippen molar-refractivity contribution >= 4 is 17.2 Å². The smallest absolute Gasteiger partial charge is 0.248 e. The summed E-state index contributed by atoms with van der Waals surface area (Å²) in [6.07, 6.45) is 5.60. The van der Waals surface area contributed by atoms with Gasteiger partial charge in [-0.3, -0.25) is 4.79 Å². The van der Waals surface area contributed by atoms with Crippen LogP contribution < -0.4 is 0 Å². The Bertz CT molecular complexity index is 408. The van der Waals surface area contributed by atoms with E-state index in [-0.39, 0.29) is 12.5 Å². The average Bonchev–Trinajstić information content (AvgIpc) is 2.88. The molecule has 0 saturated carbocycles. The Kier molecular flexibility index (Phi) is 7.19. The van der Waals surface area contributed by atoms with E-state index in [9.17, 15) is 4.79 Å². The average molecular weight is 311 g/mol. The van der Waals surface area contributed by atoms with Crippen LogP contribution in [0.1, 0.15) is 30.6 Å². The highest BCUT2D eigenvalue weighted by atomic mass is 32.1. The zero-order valence-electron chi connectivity index (χ0n) is 12.8. The molecule has 0 aliphatic carbocycles. The van der Waals surface area contributed by atoms with Crippen molar-refractivity contribution in [2.75, 3.05) is 33.5 Å². The highest BCUT2D eigenvalue weighted by Crippen LogP contribution is 2.22. The van der Waals surface area contributed by atoms with Gasteiger partial charge >= 0.3 is 0 Å². The quantitative estimate of drug-likeness (QED) is 0.727. The first-order valence-electron chi connectivity index (χ1n) is 7.70. The first-order chi connectivity index (χ1) is 10.3. The predicted octanol–water partition coefficient (Wildman–Crippen LogP) is 2.72. The number of thiophene rings is 1. The zero-order chi connectivity index (χ0) is 14.9. The van der Waals surface area contributed by atoms with Gasteiger partial charge in [0, 0.05) is 31.0 Å². The Morgan fingerprint density at radius 1 is 1.38 bits per heavy atom. The van der Waals surface area contributed by atoms with Crippen LogP contribution in [-0.4, -0.2) is 50.3 Å². The van der Waals surface area contributed by atoms with Gasteiger partial charge in [0.1, 0.15) is 6.61 Å². The van der Waals surface area contributed by atoms with Gasteiger partial charge in [-0.2, -0.15) is 0 Å². The van der Waals surface area contributed by atoms with E-state index >= 15 is 0 Å². The van der Waals surface area contributed by atoms with Crippen molar-refractivity contribution < 1.29 is 14.3 Å². The minimum Gasteiger partial charge on any atom is -0.382 e. The Labute approximate surface area is 131 Å². The number of ether oxygens (including phenoxy) is 2. The SMILES string of the molecule is COCCOCC(=O)N1CCCCC[C@@H]1Cc1cccs1. The number of rotatable bonds is 7. The van der Waals surface area contributed by atoms with Crippen LogP contribution in [0.5, 0.6) is 0 Å². The van der Waals surface area contributed by atoms with E-state index in [1.807, 2.05) is 4.90 Å². The summed E-state index contributed by atoms with van der Waals surface area (Å²) in [6.45, 7) is 2.05. The second-order valence-corrected chi connectivity index (χ2v) is 6.45. The highest BCUT2D eigenvalue weighted by Gasteiger charge is 2.25. The minimum absolute atomic E-state index is 0.120. The van der Waals surface area contributed by atoms with Gasteiger partial charge in [-0.25, -0.2) is 0 Å². The predicted molar refractivity (Wildman–Crippen MR) is 84.7 cm³/mol. The van der Waals surface area contributed by atoms with Gasteiger partial charge in [-0.05, 0) is 24.3 Å². The number of carbonyl (C=O) groups excluding carboxylic acids is 1. The molecule has 0 spiro atoms. The van der Waals surface area contributed by atoms with Gasteiger partial charge < -0.3 is 14.4 Å². The first kappa shape index (κ1) is 16.5. The van der Waals surface area contributed by atoms with Gasteiger partial charge in [0.05, 0.1) is 13.2 Å². The molecule has 1 fully saturated rings. The lowest BCUT2D eigenvalue weighted by Crippen LogP contribution is -2.43. The third-order valence-electron chi connectivity index (χ3n) is 3.87. The molecule has 2 rings (SSSR count). The monoisotopic (exact) mass is 311 g/mol. The summed E-state index contributed by atoms with van der Waals surface area (Å²) in [5.74, 6) is 0.120. The fourth-order valence-electron chi connectivity index (χ4n) is 2.76. The molecule has 4 nitrogen and oxygen atoms in total. The third kappa shape index (κ3) is 5.41. The Hall–Kier alpha value is -0.910. The van der Waals surface area contributed by atoms with Crippen LogP contribution in [0.3, 0.4) is 0 Å². The van der Waals surface area contributed by atoms with E-state index in [1.54, 1.807) is 18.4 Å². The summed E-state index contributed by atoms with van der Waals surface area (Å²) in [5, 5.41) is 2.10. The van der Waals surface area contributed by atoms with E-state index in [4.69, 9.17) is 9.47 Å². The summed E-state index contributed by atoms with van der Waals surface area (Å²) >= 11 is 1.78. The molecule has 1 aliphatic heterocycles. The van der Waals surface area contributed by atoms with Crippen LogP contribution in [0.2, 0.25) is 0 Å². The molecule has 2 heterocycles. The van der Waals surface area contributed by atoms with Crippen molar-refractivity contribution in [2.45, 2.75) is 38.1 Å². The Morgan fingerprint density at radius 3 is 3.05 bits per heavy atom. The van der Waals surface area contributed by atoms with E-state index in [0.717, 1.165) is 25.8 Å². The molecule has 1 aromatic heterocycles. The van der Waals surface area contributed by atoms with E-state index < -0.39 is 0 Å². The maximum Gasteiger partial charge on any atom is 0.248 e. The van der Waals surface area contributed by atoms with Crippen molar-refractivity contribution in [3.63, 3.8) is 0 Å². The number of carbonyl (C=O) groups is 1. The number of methoxy groups -OCH3 is 1. The topological polar surface area (TPSA) is 38.8 Å². The van der Waals surface area contributed by atoms with Crippen LogP contribution in [0.4, 0.5) is 0 Å². The van der Waals surface area contributed by atoms with E-state index in [2.05, 4.69) is 17.5 Å². The van der Waals surface area contributed by atoms with Crippen LogP contribution in [0, 0.1) is 0 Å². The zero-order valence-corrected chi connectivity index (χ0v) is 13.6. The van der Waals surface area contributed by atoms with Crippen molar-refractivity contribution in [3.8, 4) is 0 Å². The fraction of sp³-hybridized carbons (Fsp3) is 0.688. The summed E-state index contributed by atoms with van der Waals surface area (Å²) in [4.78, 5) is 15.8. The lowest BCUT2D eigenvalue weighted by molar-refractivity contribution is -0.138. The van der Waals surface area contributed by atoms with Gasteiger partial charge in [0.15, 0.2) is 0 Å². The molecule has 0 bridgehead atoms. The molecule has 21 heavy (non-hydrogen) atoms. The van der Waals surface area contributed by atoms with Gasteiger partial charge in [-0.1, -0.05) is 18.9 Å². The van der Waals surface area contributed by atoms with Gasteiger partial charge in [0.2, 0.25) is 5.91 Å². The molecular weight excluding hydrogens is 286 g/mol. The number of amides is 1. The Balaban J connectivity index is 1.90. The largest absolute Gasteiger partial charge is 0.382 e. The first-order valence-corrected chi connectivity index (χ1v) is 8.57. The molecule has 0 unspecified atom stereocenters. The van der Waals surface area contributed by atoms with Crippen LogP contribution >= 0.6 is 11.3 Å². The molecule has 0 aromatic carbocycles. The van der Waals surface area contributed by atoms with Gasteiger partial charge in [0.25, 0.3) is 0 Å². The van der Waals surface area contributed by atoms with Crippen LogP contribution in [-0.2, 0) is 20.7 Å². The second-order valence-electron chi connectivity index (χ2n) is 5.42. The molecule has 1 amide bonds. The van der Waals surface area contributed by atoms with E-state index in [0.29, 0.717) is 19.3 Å². The summed E-state index contributed by atoms with van der Waals surface area (Å²) in [6, 6.07) is 4.56. The highest BCUT2D eigenvalue weighted by molar-refractivity contribution is 7.09. The Morgan fingerprint density at radius 2 is 2.29 bits per heavy atom. The van der Waals surface area contributed by atoms with Crippen LogP contribution in [0.15, 0.2) is 17.5 Å².